The molecule has 3 rings (SSSR count). The molecule has 2 unspecified atom stereocenters. The van der Waals surface area contributed by atoms with Crippen LogP contribution in [0.3, 0.4) is 0 Å². The number of benzene rings is 1. The summed E-state index contributed by atoms with van der Waals surface area (Å²) in [6.45, 7) is 7.70. The van der Waals surface area contributed by atoms with Gasteiger partial charge >= 0.3 is 0 Å². The monoisotopic (exact) mass is 502 g/mol. The zero-order valence-electron chi connectivity index (χ0n) is 17.2. The van der Waals surface area contributed by atoms with Crippen LogP contribution in [0.5, 0.6) is 5.75 Å². The van der Waals surface area contributed by atoms with Crippen molar-refractivity contribution < 1.29 is 9.47 Å². The van der Waals surface area contributed by atoms with E-state index in [0.717, 1.165) is 63.9 Å². The first-order chi connectivity index (χ1) is 13.3. The quantitative estimate of drug-likeness (QED) is 0.325. The summed E-state index contributed by atoms with van der Waals surface area (Å²) in [7, 11) is 1.71. The van der Waals surface area contributed by atoms with Gasteiger partial charge in [0.25, 0.3) is 0 Å². The predicted molar refractivity (Wildman–Crippen MR) is 125 cm³/mol. The number of guanidine groups is 1. The number of hydrogen-bond acceptors (Lipinski definition) is 4. The summed E-state index contributed by atoms with van der Waals surface area (Å²) in [4.78, 5) is 7.45. The van der Waals surface area contributed by atoms with Crippen LogP contribution in [0.2, 0.25) is 0 Å². The number of nitrogens with one attached hydrogen (secondary N) is 2. The maximum atomic E-state index is 5.71. The highest BCUT2D eigenvalue weighted by molar-refractivity contribution is 14.0. The van der Waals surface area contributed by atoms with Gasteiger partial charge in [-0.05, 0) is 63.4 Å². The largest absolute Gasteiger partial charge is 0.497 e. The molecule has 2 aliphatic rings. The summed E-state index contributed by atoms with van der Waals surface area (Å²) in [6.07, 6.45) is 5.15. The Hall–Kier alpha value is -1.06. The Morgan fingerprint density at radius 3 is 2.57 bits per heavy atom. The van der Waals surface area contributed by atoms with Crippen molar-refractivity contribution in [2.24, 2.45) is 4.99 Å². The molecular weight excluding hydrogens is 467 g/mol. The fourth-order valence-corrected chi connectivity index (χ4v) is 3.85. The number of hydrogen-bond donors (Lipinski definition) is 2. The van der Waals surface area contributed by atoms with Crippen molar-refractivity contribution in [3.63, 3.8) is 0 Å². The smallest absolute Gasteiger partial charge is 0.191 e. The van der Waals surface area contributed by atoms with Crippen LogP contribution >= 0.6 is 24.0 Å². The molecule has 0 spiro atoms. The number of halogens is 1. The molecule has 7 heteroatoms. The molecule has 2 fully saturated rings. The summed E-state index contributed by atoms with van der Waals surface area (Å²) in [5.41, 5.74) is 1.30. The first-order valence-electron chi connectivity index (χ1n) is 10.3. The molecular formula is C21H35IN4O2. The van der Waals surface area contributed by atoms with Gasteiger partial charge in [-0.2, -0.15) is 0 Å². The summed E-state index contributed by atoms with van der Waals surface area (Å²) in [5.74, 6) is 1.78. The number of nitrogens with zero attached hydrogens (tertiary/aromatic N) is 2. The van der Waals surface area contributed by atoms with E-state index in [4.69, 9.17) is 14.5 Å². The lowest BCUT2D eigenvalue weighted by molar-refractivity contribution is 0.113. The standard InChI is InChI=1S/C21H34N4O2.HI/c1-3-22-21(23-15-19-7-6-14-27-19)24-16-20(25-12-4-5-13-25)17-8-10-18(26-2)11-9-17;/h8-11,19-20H,3-7,12-16H2,1-2H3,(H2,22,23,24);1H. The van der Waals surface area contributed by atoms with Gasteiger partial charge in [-0.15, -0.1) is 24.0 Å². The molecule has 158 valence electrons. The minimum absolute atomic E-state index is 0. The normalized spacial score (nSPS) is 21.2. The van der Waals surface area contributed by atoms with E-state index in [1.54, 1.807) is 7.11 Å². The van der Waals surface area contributed by atoms with Gasteiger partial charge in [0.15, 0.2) is 5.96 Å². The molecule has 2 saturated heterocycles. The number of aliphatic imine (C=N–C) groups is 1. The Labute approximate surface area is 186 Å². The zero-order valence-corrected chi connectivity index (χ0v) is 19.5. The Balaban J connectivity index is 0.00000280. The molecule has 2 atom stereocenters. The van der Waals surface area contributed by atoms with E-state index >= 15 is 0 Å². The van der Waals surface area contributed by atoms with Gasteiger partial charge in [-0.25, -0.2) is 0 Å². The van der Waals surface area contributed by atoms with Crippen molar-refractivity contribution in [2.45, 2.75) is 44.8 Å². The van der Waals surface area contributed by atoms with E-state index in [1.807, 2.05) is 12.1 Å². The Kier molecular flexibility index (Phi) is 10.4. The lowest BCUT2D eigenvalue weighted by atomic mass is 10.1. The Morgan fingerprint density at radius 1 is 1.21 bits per heavy atom. The first kappa shape index (κ1) is 23.2. The van der Waals surface area contributed by atoms with Crippen LogP contribution in [0.15, 0.2) is 29.3 Å². The molecule has 6 nitrogen and oxygen atoms in total. The van der Waals surface area contributed by atoms with E-state index in [9.17, 15) is 0 Å². The van der Waals surface area contributed by atoms with Crippen LogP contribution in [0.4, 0.5) is 0 Å². The highest BCUT2D eigenvalue weighted by Crippen LogP contribution is 2.27. The highest BCUT2D eigenvalue weighted by Gasteiger charge is 2.23. The fraction of sp³-hybridized carbons (Fsp3) is 0.667. The minimum atomic E-state index is 0. The van der Waals surface area contributed by atoms with Crippen LogP contribution < -0.4 is 15.4 Å². The SMILES string of the molecule is CCNC(=NCC(c1ccc(OC)cc1)N1CCCC1)NCC1CCCO1.I. The van der Waals surface area contributed by atoms with Gasteiger partial charge in [0, 0.05) is 19.7 Å². The average molecular weight is 502 g/mol. The third-order valence-corrected chi connectivity index (χ3v) is 5.37. The summed E-state index contributed by atoms with van der Waals surface area (Å²) in [5, 5.41) is 6.82. The van der Waals surface area contributed by atoms with Crippen LogP contribution in [0.1, 0.15) is 44.2 Å². The van der Waals surface area contributed by atoms with Crippen molar-refractivity contribution in [1.29, 1.82) is 0 Å². The number of methoxy groups -OCH3 is 1. The molecule has 2 heterocycles. The van der Waals surface area contributed by atoms with Crippen LogP contribution in [0, 0.1) is 0 Å². The second kappa shape index (κ2) is 12.5. The topological polar surface area (TPSA) is 58.1 Å². The summed E-state index contributed by atoms with van der Waals surface area (Å²) >= 11 is 0. The molecule has 0 amide bonds. The van der Waals surface area contributed by atoms with E-state index in [0.29, 0.717) is 12.1 Å². The summed E-state index contributed by atoms with van der Waals surface area (Å²) in [6, 6.07) is 8.73. The van der Waals surface area contributed by atoms with E-state index in [-0.39, 0.29) is 24.0 Å². The van der Waals surface area contributed by atoms with Gasteiger partial charge in [0.05, 0.1) is 25.8 Å². The zero-order chi connectivity index (χ0) is 18.9. The lowest BCUT2D eigenvalue weighted by Crippen LogP contribution is -2.41. The highest BCUT2D eigenvalue weighted by atomic mass is 127. The number of rotatable bonds is 8. The molecule has 1 aromatic rings. The van der Waals surface area contributed by atoms with Gasteiger partial charge in [-0.1, -0.05) is 12.1 Å². The minimum Gasteiger partial charge on any atom is -0.497 e. The van der Waals surface area contributed by atoms with Crippen LogP contribution in [0.25, 0.3) is 0 Å². The van der Waals surface area contributed by atoms with Crippen LogP contribution in [-0.2, 0) is 4.74 Å². The average Bonchev–Trinajstić information content (AvgIpc) is 3.41. The van der Waals surface area contributed by atoms with Gasteiger partial charge in [-0.3, -0.25) is 9.89 Å². The third-order valence-electron chi connectivity index (χ3n) is 5.37. The fourth-order valence-electron chi connectivity index (χ4n) is 3.85. The van der Waals surface area contributed by atoms with Crippen molar-refractivity contribution in [2.75, 3.05) is 46.4 Å². The van der Waals surface area contributed by atoms with Gasteiger partial charge in [0.1, 0.15) is 5.75 Å². The molecule has 2 aliphatic heterocycles. The molecule has 0 aromatic heterocycles. The van der Waals surface area contributed by atoms with E-state index < -0.39 is 0 Å². The second-order valence-corrected chi connectivity index (χ2v) is 7.27. The van der Waals surface area contributed by atoms with Crippen LogP contribution in [-0.4, -0.2) is 63.4 Å². The first-order valence-corrected chi connectivity index (χ1v) is 10.3. The lowest BCUT2D eigenvalue weighted by Gasteiger charge is -2.27. The maximum absolute atomic E-state index is 5.71. The third kappa shape index (κ3) is 6.77. The molecule has 0 bridgehead atoms. The Bertz CT molecular complexity index is 585. The van der Waals surface area contributed by atoms with Gasteiger partial charge < -0.3 is 20.1 Å². The molecule has 0 aliphatic carbocycles. The molecule has 0 radical (unpaired) electrons. The molecule has 0 saturated carbocycles. The predicted octanol–water partition coefficient (Wildman–Crippen LogP) is 3.18. The molecule has 1 aromatic carbocycles. The Morgan fingerprint density at radius 2 is 1.96 bits per heavy atom. The van der Waals surface area contributed by atoms with Crippen molar-refractivity contribution in [3.8, 4) is 5.75 Å². The van der Waals surface area contributed by atoms with Crippen molar-refractivity contribution in [3.05, 3.63) is 29.8 Å². The van der Waals surface area contributed by atoms with Crippen molar-refractivity contribution >= 4 is 29.9 Å². The molecule has 28 heavy (non-hydrogen) atoms. The maximum Gasteiger partial charge on any atom is 0.191 e. The van der Waals surface area contributed by atoms with Gasteiger partial charge in [0.2, 0.25) is 0 Å². The number of ether oxygens (including phenoxy) is 2. The van der Waals surface area contributed by atoms with E-state index in [1.165, 1.54) is 18.4 Å². The van der Waals surface area contributed by atoms with Crippen molar-refractivity contribution in [1.82, 2.24) is 15.5 Å². The second-order valence-electron chi connectivity index (χ2n) is 7.27. The number of likely N-dealkylation sites (tertiary alicyclic amines) is 1. The molecule has 2 N–H and O–H groups in total. The van der Waals surface area contributed by atoms with E-state index in [2.05, 4.69) is 34.6 Å². The summed E-state index contributed by atoms with van der Waals surface area (Å²) < 4.78 is 11.0.